The van der Waals surface area contributed by atoms with E-state index in [0.717, 1.165) is 37.0 Å². The Morgan fingerprint density at radius 1 is 1.20 bits per heavy atom. The molecule has 20 heavy (non-hydrogen) atoms. The molecule has 0 aliphatic heterocycles. The van der Waals surface area contributed by atoms with Gasteiger partial charge in [0.2, 0.25) is 0 Å². The molecule has 3 nitrogen and oxygen atoms in total. The molecule has 108 valence electrons. The molecule has 3 heteroatoms. The lowest BCUT2D eigenvalue weighted by Crippen LogP contribution is -2.23. The monoisotopic (exact) mass is 273 g/mol. The third kappa shape index (κ3) is 4.49. The van der Waals surface area contributed by atoms with Gasteiger partial charge >= 0.3 is 0 Å². The second-order valence-electron chi connectivity index (χ2n) is 5.10. The van der Waals surface area contributed by atoms with Crippen molar-refractivity contribution in [2.75, 3.05) is 13.7 Å². The van der Waals surface area contributed by atoms with Gasteiger partial charge in [0, 0.05) is 6.21 Å². The highest BCUT2D eigenvalue weighted by Gasteiger charge is 2.20. The normalized spacial score (nSPS) is 22.9. The Bertz CT molecular complexity index is 431. The number of benzene rings is 1. The molecule has 0 spiro atoms. The summed E-state index contributed by atoms with van der Waals surface area (Å²) in [6.45, 7) is 4.34. The molecule has 1 aliphatic carbocycles. The number of methoxy groups -OCH3 is 1. The van der Waals surface area contributed by atoms with Gasteiger partial charge in [-0.15, -0.1) is 6.58 Å². The maximum Gasteiger partial charge on any atom is 0.118 e. The van der Waals surface area contributed by atoms with Crippen molar-refractivity contribution in [2.24, 2.45) is 4.99 Å². The Labute approximate surface area is 121 Å². The largest absolute Gasteiger partial charge is 0.497 e. The van der Waals surface area contributed by atoms with Gasteiger partial charge in [-0.2, -0.15) is 0 Å². The fraction of sp³-hybridized carbons (Fsp3) is 0.471. The number of hydrogen-bond acceptors (Lipinski definition) is 3. The topological polar surface area (TPSA) is 30.8 Å². The van der Waals surface area contributed by atoms with Gasteiger partial charge in [-0.05, 0) is 55.5 Å². The first-order chi connectivity index (χ1) is 9.81. The summed E-state index contributed by atoms with van der Waals surface area (Å²) in [6.07, 6.45) is 8.57. The minimum Gasteiger partial charge on any atom is -0.497 e. The van der Waals surface area contributed by atoms with E-state index in [-0.39, 0.29) is 0 Å². The Morgan fingerprint density at radius 3 is 2.50 bits per heavy atom. The lowest BCUT2D eigenvalue weighted by Gasteiger charge is -2.25. The summed E-state index contributed by atoms with van der Waals surface area (Å²) in [5, 5.41) is 0. The quantitative estimate of drug-likeness (QED) is 0.585. The van der Waals surface area contributed by atoms with Crippen LogP contribution >= 0.6 is 0 Å². The van der Waals surface area contributed by atoms with Gasteiger partial charge in [0.25, 0.3) is 0 Å². The first kappa shape index (κ1) is 14.8. The summed E-state index contributed by atoms with van der Waals surface area (Å²) < 4.78 is 10.8. The third-order valence-corrected chi connectivity index (χ3v) is 3.64. The summed E-state index contributed by atoms with van der Waals surface area (Å²) in [4.78, 5) is 4.68. The molecule has 0 saturated heterocycles. The average Bonchev–Trinajstić information content (AvgIpc) is 2.52. The van der Waals surface area contributed by atoms with Crippen LogP contribution in [0, 0.1) is 0 Å². The second kappa shape index (κ2) is 7.85. The summed E-state index contributed by atoms with van der Waals surface area (Å²) in [7, 11) is 1.68. The third-order valence-electron chi connectivity index (χ3n) is 3.64. The highest BCUT2D eigenvalue weighted by Crippen LogP contribution is 2.23. The molecule has 1 aliphatic rings. The van der Waals surface area contributed by atoms with Crippen LogP contribution in [0.15, 0.2) is 41.9 Å². The molecule has 0 radical (unpaired) electrons. The first-order valence-electron chi connectivity index (χ1n) is 7.21. The summed E-state index contributed by atoms with van der Waals surface area (Å²) in [6, 6.07) is 8.41. The van der Waals surface area contributed by atoms with E-state index in [1.165, 1.54) is 0 Å². The van der Waals surface area contributed by atoms with Crippen molar-refractivity contribution in [3.8, 4) is 5.75 Å². The minimum absolute atomic E-state index is 0.389. The average molecular weight is 273 g/mol. The van der Waals surface area contributed by atoms with Crippen LogP contribution in [0.25, 0.3) is 0 Å². The molecule has 0 bridgehead atoms. The highest BCUT2D eigenvalue weighted by atomic mass is 16.5. The van der Waals surface area contributed by atoms with E-state index in [1.54, 1.807) is 7.11 Å². The van der Waals surface area contributed by atoms with Gasteiger partial charge < -0.3 is 9.47 Å². The fourth-order valence-electron chi connectivity index (χ4n) is 2.45. The molecule has 1 aromatic rings. The molecule has 1 saturated carbocycles. The van der Waals surface area contributed by atoms with E-state index in [1.807, 2.05) is 36.6 Å². The fourth-order valence-corrected chi connectivity index (χ4v) is 2.45. The van der Waals surface area contributed by atoms with E-state index in [4.69, 9.17) is 9.47 Å². The maximum atomic E-state index is 5.68. The molecule has 0 amide bonds. The molecule has 0 heterocycles. The zero-order valence-electron chi connectivity index (χ0n) is 12.1. The molecular weight excluding hydrogens is 250 g/mol. The van der Waals surface area contributed by atoms with Crippen LogP contribution in [0.1, 0.15) is 31.2 Å². The predicted octanol–water partition coefficient (Wildman–Crippen LogP) is 3.63. The van der Waals surface area contributed by atoms with E-state index < -0.39 is 0 Å². The SMILES string of the molecule is C=CCOC1CCC(N=Cc2ccc(OC)cc2)CC1. The number of rotatable bonds is 6. The van der Waals surface area contributed by atoms with E-state index in [0.29, 0.717) is 18.8 Å². The summed E-state index contributed by atoms with van der Waals surface area (Å²) >= 11 is 0. The van der Waals surface area contributed by atoms with Crippen LogP contribution < -0.4 is 4.74 Å². The van der Waals surface area contributed by atoms with Crippen molar-refractivity contribution in [3.05, 3.63) is 42.5 Å². The van der Waals surface area contributed by atoms with Gasteiger partial charge in [-0.25, -0.2) is 0 Å². The Hall–Kier alpha value is -1.61. The Morgan fingerprint density at radius 2 is 1.90 bits per heavy atom. The lowest BCUT2D eigenvalue weighted by atomic mass is 9.93. The van der Waals surface area contributed by atoms with Crippen molar-refractivity contribution >= 4 is 6.21 Å². The van der Waals surface area contributed by atoms with Crippen LogP contribution in [-0.2, 0) is 4.74 Å². The zero-order valence-corrected chi connectivity index (χ0v) is 12.1. The number of hydrogen-bond donors (Lipinski definition) is 0. The molecule has 0 N–H and O–H groups in total. The molecule has 1 fully saturated rings. The Kier molecular flexibility index (Phi) is 5.81. The van der Waals surface area contributed by atoms with Gasteiger partial charge in [-0.3, -0.25) is 4.99 Å². The van der Waals surface area contributed by atoms with Crippen molar-refractivity contribution < 1.29 is 9.47 Å². The van der Waals surface area contributed by atoms with Gasteiger partial charge in [0.1, 0.15) is 5.75 Å². The van der Waals surface area contributed by atoms with Gasteiger partial charge in [-0.1, -0.05) is 6.08 Å². The first-order valence-corrected chi connectivity index (χ1v) is 7.21. The number of aliphatic imine (C=N–C) groups is 1. The summed E-state index contributed by atoms with van der Waals surface area (Å²) in [5.41, 5.74) is 1.12. The molecule has 0 aromatic heterocycles. The van der Waals surface area contributed by atoms with Crippen molar-refractivity contribution in [1.29, 1.82) is 0 Å². The smallest absolute Gasteiger partial charge is 0.118 e. The molecule has 0 atom stereocenters. The van der Waals surface area contributed by atoms with Crippen molar-refractivity contribution in [3.63, 3.8) is 0 Å². The van der Waals surface area contributed by atoms with Crippen molar-refractivity contribution in [1.82, 2.24) is 0 Å². The Balaban J connectivity index is 1.79. The van der Waals surface area contributed by atoms with Crippen molar-refractivity contribution in [2.45, 2.75) is 37.8 Å². The van der Waals surface area contributed by atoms with Gasteiger partial charge in [0.15, 0.2) is 0 Å². The van der Waals surface area contributed by atoms with Crippen LogP contribution in [-0.4, -0.2) is 32.1 Å². The molecule has 0 unspecified atom stereocenters. The lowest BCUT2D eigenvalue weighted by molar-refractivity contribution is 0.0431. The standard InChI is InChI=1S/C17H23NO2/c1-3-12-20-17-10-6-15(7-11-17)18-13-14-4-8-16(19-2)9-5-14/h3-5,8-9,13,15,17H,1,6-7,10-12H2,2H3. The second-order valence-corrected chi connectivity index (χ2v) is 5.10. The van der Waals surface area contributed by atoms with E-state index in [2.05, 4.69) is 11.6 Å². The van der Waals surface area contributed by atoms with Crippen LogP contribution in [0.3, 0.4) is 0 Å². The summed E-state index contributed by atoms with van der Waals surface area (Å²) in [5.74, 6) is 0.877. The molecular formula is C17H23NO2. The molecule has 2 rings (SSSR count). The number of ether oxygens (including phenoxy) is 2. The zero-order chi connectivity index (χ0) is 14.2. The van der Waals surface area contributed by atoms with Crippen LogP contribution in [0.2, 0.25) is 0 Å². The van der Waals surface area contributed by atoms with E-state index in [9.17, 15) is 0 Å². The van der Waals surface area contributed by atoms with Crippen LogP contribution in [0.5, 0.6) is 5.75 Å². The van der Waals surface area contributed by atoms with E-state index >= 15 is 0 Å². The van der Waals surface area contributed by atoms with Gasteiger partial charge in [0.05, 0.1) is 25.9 Å². The number of nitrogens with zero attached hydrogens (tertiary/aromatic N) is 1. The minimum atomic E-state index is 0.389. The van der Waals surface area contributed by atoms with Crippen LogP contribution in [0.4, 0.5) is 0 Å². The highest BCUT2D eigenvalue weighted by molar-refractivity contribution is 5.79. The molecule has 1 aromatic carbocycles. The predicted molar refractivity (Wildman–Crippen MR) is 82.8 cm³/mol. The maximum absolute atomic E-state index is 5.68.